The average molecular weight is 389 g/mol. The summed E-state index contributed by atoms with van der Waals surface area (Å²) in [5.41, 5.74) is 3.97. The molecule has 0 heterocycles. The van der Waals surface area contributed by atoms with Gasteiger partial charge in [0, 0.05) is 12.6 Å². The molecule has 4 heteroatoms. The first kappa shape index (κ1) is 21.7. The highest BCUT2D eigenvalue weighted by atomic mass is 35.5. The lowest BCUT2D eigenvalue weighted by atomic mass is 9.95. The number of phenols is 1. The van der Waals surface area contributed by atoms with Gasteiger partial charge in [0.1, 0.15) is 5.75 Å². The summed E-state index contributed by atoms with van der Waals surface area (Å²) in [4.78, 5) is 4.66. The van der Waals surface area contributed by atoms with Gasteiger partial charge in [0.2, 0.25) is 0 Å². The topological polar surface area (TPSA) is 26.7 Å². The molecule has 148 valence electrons. The molecular formula is C23H33ClN2O. The minimum absolute atomic E-state index is 0.169. The maximum Gasteiger partial charge on any atom is 0.134 e. The molecule has 27 heavy (non-hydrogen) atoms. The number of aryl methyl sites for hydroxylation is 1. The number of hydrogen-bond acceptors (Lipinski definition) is 3. The van der Waals surface area contributed by atoms with Crippen molar-refractivity contribution in [1.29, 1.82) is 0 Å². The van der Waals surface area contributed by atoms with Gasteiger partial charge < -0.3 is 14.9 Å². The van der Waals surface area contributed by atoms with E-state index in [1.807, 2.05) is 6.07 Å². The van der Waals surface area contributed by atoms with Gasteiger partial charge in [-0.15, -0.1) is 0 Å². The van der Waals surface area contributed by atoms with Crippen LogP contribution in [0.5, 0.6) is 5.75 Å². The molecule has 2 aromatic carbocycles. The Morgan fingerprint density at radius 1 is 1.04 bits per heavy atom. The summed E-state index contributed by atoms with van der Waals surface area (Å²) in [7, 11) is 6.43. The van der Waals surface area contributed by atoms with Crippen molar-refractivity contribution in [3.63, 3.8) is 0 Å². The fourth-order valence-electron chi connectivity index (χ4n) is 3.59. The zero-order chi connectivity index (χ0) is 19.8. The van der Waals surface area contributed by atoms with Crippen molar-refractivity contribution in [3.05, 3.63) is 64.2 Å². The van der Waals surface area contributed by atoms with E-state index in [0.29, 0.717) is 11.1 Å². The van der Waals surface area contributed by atoms with E-state index in [9.17, 15) is 5.11 Å². The molecule has 0 aromatic heterocycles. The average Bonchev–Trinajstić information content (AvgIpc) is 2.62. The van der Waals surface area contributed by atoms with E-state index in [4.69, 9.17) is 11.6 Å². The van der Waals surface area contributed by atoms with Crippen LogP contribution in [-0.4, -0.2) is 48.6 Å². The van der Waals surface area contributed by atoms with E-state index in [1.54, 1.807) is 12.1 Å². The van der Waals surface area contributed by atoms with Gasteiger partial charge in [-0.1, -0.05) is 48.9 Å². The van der Waals surface area contributed by atoms with Crippen LogP contribution in [0.4, 0.5) is 0 Å². The molecule has 0 aliphatic heterocycles. The Morgan fingerprint density at radius 2 is 1.74 bits per heavy atom. The molecule has 0 aliphatic rings. The molecule has 2 rings (SSSR count). The molecule has 1 N–H and O–H groups in total. The van der Waals surface area contributed by atoms with E-state index >= 15 is 0 Å². The van der Waals surface area contributed by atoms with Gasteiger partial charge in [-0.3, -0.25) is 0 Å². The summed E-state index contributed by atoms with van der Waals surface area (Å²) in [6.07, 6.45) is 4.19. The zero-order valence-corrected chi connectivity index (χ0v) is 17.8. The van der Waals surface area contributed by atoms with Crippen LogP contribution in [0.25, 0.3) is 0 Å². The summed E-state index contributed by atoms with van der Waals surface area (Å²) in [5, 5.41) is 10.3. The number of rotatable bonds is 10. The Balaban J connectivity index is 2.12. The third-order valence-corrected chi connectivity index (χ3v) is 5.35. The summed E-state index contributed by atoms with van der Waals surface area (Å²) in [6, 6.07) is 14.8. The summed E-state index contributed by atoms with van der Waals surface area (Å²) in [6.45, 7) is 4.26. The molecule has 0 fully saturated rings. The van der Waals surface area contributed by atoms with Crippen LogP contribution in [0.1, 0.15) is 36.5 Å². The Hall–Kier alpha value is -1.55. The second-order valence-electron chi connectivity index (χ2n) is 7.67. The van der Waals surface area contributed by atoms with Crippen molar-refractivity contribution in [2.75, 3.05) is 27.7 Å². The summed E-state index contributed by atoms with van der Waals surface area (Å²) < 4.78 is 0. The number of hydrogen-bond donors (Lipinski definition) is 1. The van der Waals surface area contributed by atoms with Gasteiger partial charge in [-0.2, -0.15) is 0 Å². The predicted octanol–water partition coefficient (Wildman–Crippen LogP) is 4.99. The molecule has 3 nitrogen and oxygen atoms in total. The van der Waals surface area contributed by atoms with Gasteiger partial charge in [-0.25, -0.2) is 0 Å². The number of phenolic OH excluding ortho intramolecular Hbond substituents is 1. The van der Waals surface area contributed by atoms with Gasteiger partial charge in [-0.05, 0) is 82.2 Å². The third kappa shape index (κ3) is 6.84. The lowest BCUT2D eigenvalue weighted by Gasteiger charge is -2.28. The Bertz CT molecular complexity index is 717. The van der Waals surface area contributed by atoms with Crippen LogP contribution in [0, 0.1) is 0 Å². The monoisotopic (exact) mass is 388 g/mol. The molecule has 0 saturated heterocycles. The van der Waals surface area contributed by atoms with Crippen LogP contribution in [-0.2, 0) is 19.4 Å². The van der Waals surface area contributed by atoms with Gasteiger partial charge >= 0.3 is 0 Å². The molecular weight excluding hydrogens is 356 g/mol. The highest BCUT2D eigenvalue weighted by Gasteiger charge is 2.16. The second-order valence-corrected chi connectivity index (χ2v) is 8.08. The van der Waals surface area contributed by atoms with Gasteiger partial charge in [0.05, 0.1) is 5.02 Å². The minimum Gasteiger partial charge on any atom is -0.506 e. The molecule has 0 radical (unpaired) electrons. The summed E-state index contributed by atoms with van der Waals surface area (Å²) >= 11 is 5.97. The first-order valence-electron chi connectivity index (χ1n) is 9.79. The lowest BCUT2D eigenvalue weighted by Crippen LogP contribution is -2.34. The Kier molecular flexibility index (Phi) is 8.62. The van der Waals surface area contributed by atoms with E-state index < -0.39 is 0 Å². The highest BCUT2D eigenvalue weighted by Crippen LogP contribution is 2.25. The molecule has 2 aromatic rings. The van der Waals surface area contributed by atoms with Crippen LogP contribution < -0.4 is 0 Å². The van der Waals surface area contributed by atoms with Gasteiger partial charge in [0.25, 0.3) is 0 Å². The normalized spacial score (nSPS) is 12.7. The molecule has 0 spiro atoms. The first-order chi connectivity index (χ1) is 12.9. The molecule has 1 unspecified atom stereocenters. The number of halogens is 1. The fourth-order valence-corrected chi connectivity index (χ4v) is 3.71. The molecule has 0 aliphatic carbocycles. The van der Waals surface area contributed by atoms with Crippen molar-refractivity contribution in [1.82, 2.24) is 9.80 Å². The Morgan fingerprint density at radius 3 is 2.37 bits per heavy atom. The third-order valence-electron chi connectivity index (χ3n) is 5.03. The molecule has 1 atom stereocenters. The summed E-state index contributed by atoms with van der Waals surface area (Å²) in [5.74, 6) is 0.169. The zero-order valence-electron chi connectivity index (χ0n) is 17.1. The SMILES string of the molecule is CCCN(C)C(CCc1ccccc1CN(C)C)Cc1ccc(Cl)c(O)c1. The Labute approximate surface area is 169 Å². The maximum atomic E-state index is 9.93. The van der Waals surface area contributed by atoms with Crippen molar-refractivity contribution in [2.45, 2.75) is 45.2 Å². The van der Waals surface area contributed by atoms with Crippen LogP contribution >= 0.6 is 11.6 Å². The van der Waals surface area contributed by atoms with Crippen LogP contribution in [0.2, 0.25) is 5.02 Å². The number of nitrogens with zero attached hydrogens (tertiary/aromatic N) is 2. The lowest BCUT2D eigenvalue weighted by molar-refractivity contribution is 0.228. The van der Waals surface area contributed by atoms with Crippen molar-refractivity contribution in [3.8, 4) is 5.75 Å². The van der Waals surface area contributed by atoms with E-state index in [2.05, 4.69) is 62.1 Å². The van der Waals surface area contributed by atoms with Crippen LogP contribution in [0.15, 0.2) is 42.5 Å². The number of likely N-dealkylation sites (N-methyl/N-ethyl adjacent to an activating group) is 1. The van der Waals surface area contributed by atoms with Crippen molar-refractivity contribution in [2.24, 2.45) is 0 Å². The maximum absolute atomic E-state index is 9.93. The quantitative estimate of drug-likeness (QED) is 0.620. The molecule has 0 bridgehead atoms. The minimum atomic E-state index is 0.169. The van der Waals surface area contributed by atoms with E-state index in [-0.39, 0.29) is 5.75 Å². The molecule has 0 saturated carbocycles. The fraction of sp³-hybridized carbons (Fsp3) is 0.478. The highest BCUT2D eigenvalue weighted by molar-refractivity contribution is 6.32. The standard InChI is InChI=1S/C23H33ClN2O/c1-5-14-26(4)21(15-18-10-13-22(24)23(27)16-18)12-11-19-8-6-7-9-20(19)17-25(2)3/h6-10,13,16,21,27H,5,11-12,14-15,17H2,1-4H3. The first-order valence-corrected chi connectivity index (χ1v) is 10.2. The number of aromatic hydroxyl groups is 1. The van der Waals surface area contributed by atoms with Crippen LogP contribution in [0.3, 0.4) is 0 Å². The smallest absolute Gasteiger partial charge is 0.134 e. The van der Waals surface area contributed by atoms with Crippen molar-refractivity contribution < 1.29 is 5.11 Å². The van der Waals surface area contributed by atoms with E-state index in [1.165, 1.54) is 11.1 Å². The van der Waals surface area contributed by atoms with Gasteiger partial charge in [0.15, 0.2) is 0 Å². The van der Waals surface area contributed by atoms with E-state index in [0.717, 1.165) is 44.3 Å². The molecule has 0 amide bonds. The number of benzene rings is 2. The second kappa shape index (κ2) is 10.7. The predicted molar refractivity (Wildman–Crippen MR) is 116 cm³/mol. The largest absolute Gasteiger partial charge is 0.506 e. The van der Waals surface area contributed by atoms with Crippen molar-refractivity contribution >= 4 is 11.6 Å².